The Morgan fingerprint density at radius 3 is 2.77 bits per heavy atom. The summed E-state index contributed by atoms with van der Waals surface area (Å²) < 4.78 is 18.5. The predicted octanol–water partition coefficient (Wildman–Crippen LogP) is 4.55. The molecule has 2 aromatic rings. The van der Waals surface area contributed by atoms with E-state index in [1.165, 1.54) is 12.1 Å². The maximum atomic E-state index is 13.0. The van der Waals surface area contributed by atoms with Crippen molar-refractivity contribution in [3.05, 3.63) is 42.1 Å². The fraction of sp³-hybridized carbons (Fsp3) is 0.500. The molecule has 0 saturated carbocycles. The number of imidazole rings is 1. The van der Waals surface area contributed by atoms with Gasteiger partial charge in [0.1, 0.15) is 17.2 Å². The summed E-state index contributed by atoms with van der Waals surface area (Å²) in [6.07, 6.45) is 5.13. The van der Waals surface area contributed by atoms with Crippen LogP contribution < -0.4 is 0 Å². The molecular formula is C20H26FN3O2. The van der Waals surface area contributed by atoms with Crippen LogP contribution in [0.15, 0.2) is 30.5 Å². The molecule has 140 valence electrons. The van der Waals surface area contributed by atoms with Crippen LogP contribution in [0.25, 0.3) is 11.3 Å². The summed E-state index contributed by atoms with van der Waals surface area (Å²) in [7, 11) is 0. The minimum absolute atomic E-state index is 0.184. The first kappa shape index (κ1) is 18.4. The molecule has 1 aromatic heterocycles. The SMILES string of the molecule is CC(C)(C)OC(=O)N1CCC[C@H]1CCc1ncc(-c2ccc(F)cc2)[nH]1. The highest BCUT2D eigenvalue weighted by molar-refractivity contribution is 5.69. The van der Waals surface area contributed by atoms with Crippen LogP contribution in [0.5, 0.6) is 0 Å². The topological polar surface area (TPSA) is 58.2 Å². The van der Waals surface area contributed by atoms with Crippen LogP contribution in [-0.2, 0) is 11.2 Å². The molecule has 1 saturated heterocycles. The minimum Gasteiger partial charge on any atom is -0.444 e. The highest BCUT2D eigenvalue weighted by atomic mass is 19.1. The number of aromatic amines is 1. The summed E-state index contributed by atoms with van der Waals surface area (Å²) >= 11 is 0. The number of amides is 1. The van der Waals surface area contributed by atoms with Crippen LogP contribution >= 0.6 is 0 Å². The molecule has 1 fully saturated rings. The van der Waals surface area contributed by atoms with Gasteiger partial charge in [-0.15, -0.1) is 0 Å². The molecule has 1 atom stereocenters. The van der Waals surface area contributed by atoms with E-state index in [1.54, 1.807) is 18.3 Å². The number of carbonyl (C=O) groups is 1. The Hall–Kier alpha value is -2.37. The molecule has 5 nitrogen and oxygen atoms in total. The first-order chi connectivity index (χ1) is 12.3. The molecule has 6 heteroatoms. The lowest BCUT2D eigenvalue weighted by Gasteiger charge is -2.28. The number of carbonyl (C=O) groups excluding carboxylic acids is 1. The Labute approximate surface area is 153 Å². The smallest absolute Gasteiger partial charge is 0.410 e. The van der Waals surface area contributed by atoms with Crippen LogP contribution in [0.2, 0.25) is 0 Å². The van der Waals surface area contributed by atoms with Crippen LogP contribution in [0.4, 0.5) is 9.18 Å². The Morgan fingerprint density at radius 1 is 1.35 bits per heavy atom. The third-order valence-electron chi connectivity index (χ3n) is 4.50. The first-order valence-electron chi connectivity index (χ1n) is 9.11. The van der Waals surface area contributed by atoms with Crippen molar-refractivity contribution >= 4 is 6.09 Å². The van der Waals surface area contributed by atoms with Crippen molar-refractivity contribution in [3.63, 3.8) is 0 Å². The Morgan fingerprint density at radius 2 is 2.08 bits per heavy atom. The molecular weight excluding hydrogens is 333 g/mol. The van der Waals surface area contributed by atoms with Gasteiger partial charge in [-0.05, 0) is 69.9 Å². The van der Waals surface area contributed by atoms with E-state index in [0.717, 1.165) is 49.3 Å². The maximum absolute atomic E-state index is 13.0. The average molecular weight is 359 g/mol. The number of halogens is 1. The number of benzene rings is 1. The molecule has 0 bridgehead atoms. The molecule has 1 aromatic carbocycles. The third kappa shape index (κ3) is 4.62. The van der Waals surface area contributed by atoms with Crippen molar-refractivity contribution in [2.45, 2.75) is 58.1 Å². The number of rotatable bonds is 4. The zero-order valence-electron chi connectivity index (χ0n) is 15.6. The van der Waals surface area contributed by atoms with Gasteiger partial charge in [-0.3, -0.25) is 0 Å². The predicted molar refractivity (Wildman–Crippen MR) is 98.3 cm³/mol. The fourth-order valence-electron chi connectivity index (χ4n) is 3.27. The first-order valence-corrected chi connectivity index (χ1v) is 9.11. The van der Waals surface area contributed by atoms with Crippen molar-refractivity contribution < 1.29 is 13.9 Å². The van der Waals surface area contributed by atoms with Gasteiger partial charge in [-0.25, -0.2) is 14.2 Å². The summed E-state index contributed by atoms with van der Waals surface area (Å²) in [5.74, 6) is 0.623. The summed E-state index contributed by atoms with van der Waals surface area (Å²) in [5.41, 5.74) is 1.30. The van der Waals surface area contributed by atoms with E-state index < -0.39 is 5.60 Å². The number of hydrogen-bond acceptors (Lipinski definition) is 3. The van der Waals surface area contributed by atoms with Gasteiger partial charge in [0.15, 0.2) is 0 Å². The average Bonchev–Trinajstić information content (AvgIpc) is 3.21. The highest BCUT2D eigenvalue weighted by Gasteiger charge is 2.31. The molecule has 1 aliphatic heterocycles. The molecule has 0 spiro atoms. The second-order valence-electron chi connectivity index (χ2n) is 7.76. The van der Waals surface area contributed by atoms with Gasteiger partial charge in [0.05, 0.1) is 11.9 Å². The van der Waals surface area contributed by atoms with Crippen molar-refractivity contribution in [1.29, 1.82) is 0 Å². The van der Waals surface area contributed by atoms with Gasteiger partial charge in [0.25, 0.3) is 0 Å². The van der Waals surface area contributed by atoms with E-state index in [2.05, 4.69) is 9.97 Å². The van der Waals surface area contributed by atoms with E-state index in [1.807, 2.05) is 25.7 Å². The number of H-pyrrole nitrogens is 1. The number of nitrogens with one attached hydrogen (secondary N) is 1. The Kier molecular flexibility index (Phi) is 5.30. The third-order valence-corrected chi connectivity index (χ3v) is 4.50. The number of aromatic nitrogens is 2. The zero-order valence-corrected chi connectivity index (χ0v) is 15.6. The second kappa shape index (κ2) is 7.48. The van der Waals surface area contributed by atoms with Gasteiger partial charge < -0.3 is 14.6 Å². The van der Waals surface area contributed by atoms with Crippen LogP contribution in [0, 0.1) is 5.82 Å². The fourth-order valence-corrected chi connectivity index (χ4v) is 3.27. The molecule has 3 rings (SSSR count). The van der Waals surface area contributed by atoms with E-state index >= 15 is 0 Å². The van der Waals surface area contributed by atoms with Gasteiger partial charge in [-0.1, -0.05) is 0 Å². The molecule has 26 heavy (non-hydrogen) atoms. The highest BCUT2D eigenvalue weighted by Crippen LogP contribution is 2.24. The Bertz CT molecular complexity index is 749. The minimum atomic E-state index is -0.477. The lowest BCUT2D eigenvalue weighted by Crippen LogP contribution is -2.40. The number of aryl methyl sites for hydroxylation is 1. The van der Waals surface area contributed by atoms with E-state index in [0.29, 0.717) is 0 Å². The molecule has 2 heterocycles. The van der Waals surface area contributed by atoms with Crippen molar-refractivity contribution in [2.24, 2.45) is 0 Å². The van der Waals surface area contributed by atoms with Gasteiger partial charge in [-0.2, -0.15) is 0 Å². The summed E-state index contributed by atoms with van der Waals surface area (Å²) in [4.78, 5) is 21.9. The Balaban J connectivity index is 1.58. The van der Waals surface area contributed by atoms with Crippen molar-refractivity contribution in [2.75, 3.05) is 6.54 Å². The lowest BCUT2D eigenvalue weighted by atomic mass is 10.1. The lowest BCUT2D eigenvalue weighted by molar-refractivity contribution is 0.0220. The summed E-state index contributed by atoms with van der Waals surface area (Å²) in [6.45, 7) is 6.40. The van der Waals surface area contributed by atoms with Crippen LogP contribution in [-0.4, -0.2) is 39.1 Å². The van der Waals surface area contributed by atoms with Crippen molar-refractivity contribution in [3.8, 4) is 11.3 Å². The quantitative estimate of drug-likeness (QED) is 0.871. The van der Waals surface area contributed by atoms with E-state index in [9.17, 15) is 9.18 Å². The molecule has 1 amide bonds. The summed E-state index contributed by atoms with van der Waals surface area (Å²) in [6, 6.07) is 6.52. The van der Waals surface area contributed by atoms with Crippen LogP contribution in [0.1, 0.15) is 45.9 Å². The van der Waals surface area contributed by atoms with Gasteiger partial charge in [0.2, 0.25) is 0 Å². The van der Waals surface area contributed by atoms with Gasteiger partial charge in [0, 0.05) is 19.0 Å². The number of hydrogen-bond donors (Lipinski definition) is 1. The standard InChI is InChI=1S/C20H26FN3O2/c1-20(2,3)26-19(25)24-12-4-5-16(24)10-11-18-22-13-17(23-18)14-6-8-15(21)9-7-14/h6-9,13,16H,4-5,10-12H2,1-3H3,(H,22,23)/t16-/m0/s1. The largest absolute Gasteiger partial charge is 0.444 e. The maximum Gasteiger partial charge on any atom is 0.410 e. The van der Waals surface area contributed by atoms with Crippen molar-refractivity contribution in [1.82, 2.24) is 14.9 Å². The number of likely N-dealkylation sites (tertiary alicyclic amines) is 1. The number of nitrogens with zero attached hydrogens (tertiary/aromatic N) is 2. The summed E-state index contributed by atoms with van der Waals surface area (Å²) in [5, 5.41) is 0. The molecule has 1 aliphatic rings. The monoisotopic (exact) mass is 359 g/mol. The second-order valence-corrected chi connectivity index (χ2v) is 7.76. The molecule has 0 aliphatic carbocycles. The molecule has 0 radical (unpaired) electrons. The number of ether oxygens (including phenoxy) is 1. The normalized spacial score (nSPS) is 17.5. The van der Waals surface area contributed by atoms with Gasteiger partial charge >= 0.3 is 6.09 Å². The molecule has 1 N–H and O–H groups in total. The zero-order chi connectivity index (χ0) is 18.7. The van der Waals surface area contributed by atoms with Crippen LogP contribution in [0.3, 0.4) is 0 Å². The molecule has 0 unspecified atom stereocenters. The van der Waals surface area contributed by atoms with E-state index in [-0.39, 0.29) is 18.0 Å². The van der Waals surface area contributed by atoms with E-state index in [4.69, 9.17) is 4.74 Å².